The number of rotatable bonds is 4. The molecule has 1 aromatic carbocycles. The minimum atomic E-state index is -0.882. The molecule has 17 heavy (non-hydrogen) atoms. The molecule has 1 aliphatic carbocycles. The third kappa shape index (κ3) is 3.30. The third-order valence-electron chi connectivity index (χ3n) is 3.27. The summed E-state index contributed by atoms with van der Waals surface area (Å²) in [5.74, 6) is -0.882. The van der Waals surface area contributed by atoms with E-state index in [4.69, 9.17) is 9.84 Å². The summed E-state index contributed by atoms with van der Waals surface area (Å²) in [6.07, 6.45) is 6.28. The summed E-state index contributed by atoms with van der Waals surface area (Å²) in [7, 11) is 0. The van der Waals surface area contributed by atoms with Crippen molar-refractivity contribution in [1.82, 2.24) is 0 Å². The molecule has 1 aliphatic rings. The molecular formula is C14H18O3. The van der Waals surface area contributed by atoms with Gasteiger partial charge < -0.3 is 9.84 Å². The Bertz CT molecular complexity index is 381. The van der Waals surface area contributed by atoms with Crippen LogP contribution in [0.3, 0.4) is 0 Å². The molecule has 1 fully saturated rings. The maximum absolute atomic E-state index is 11.0. The molecule has 3 nitrogen and oxygen atoms in total. The smallest absolute Gasteiger partial charge is 0.336 e. The quantitative estimate of drug-likeness (QED) is 0.870. The van der Waals surface area contributed by atoms with Gasteiger partial charge in [0.15, 0.2) is 0 Å². The van der Waals surface area contributed by atoms with Gasteiger partial charge in [0, 0.05) is 0 Å². The van der Waals surface area contributed by atoms with Gasteiger partial charge in [0.25, 0.3) is 0 Å². The highest BCUT2D eigenvalue weighted by molar-refractivity contribution is 5.89. The Morgan fingerprint density at radius 3 is 2.65 bits per heavy atom. The molecule has 0 saturated heterocycles. The van der Waals surface area contributed by atoms with Crippen LogP contribution in [-0.4, -0.2) is 17.2 Å². The Morgan fingerprint density at radius 2 is 1.94 bits per heavy atom. The van der Waals surface area contributed by atoms with E-state index in [9.17, 15) is 4.79 Å². The predicted octanol–water partition coefficient (Wildman–Crippen LogP) is 3.23. The zero-order valence-electron chi connectivity index (χ0n) is 9.89. The Labute approximate surface area is 101 Å². The second kappa shape index (κ2) is 5.82. The van der Waals surface area contributed by atoms with E-state index in [1.54, 1.807) is 12.1 Å². The van der Waals surface area contributed by atoms with Gasteiger partial charge in [-0.3, -0.25) is 0 Å². The van der Waals surface area contributed by atoms with Gasteiger partial charge in [-0.15, -0.1) is 0 Å². The third-order valence-corrected chi connectivity index (χ3v) is 3.27. The molecule has 0 aromatic heterocycles. The van der Waals surface area contributed by atoms with E-state index in [0.717, 1.165) is 18.4 Å². The lowest BCUT2D eigenvalue weighted by molar-refractivity contribution is 0.0162. The van der Waals surface area contributed by atoms with Crippen molar-refractivity contribution in [1.29, 1.82) is 0 Å². The van der Waals surface area contributed by atoms with E-state index in [1.807, 2.05) is 12.1 Å². The van der Waals surface area contributed by atoms with Crippen LogP contribution >= 0.6 is 0 Å². The summed E-state index contributed by atoms with van der Waals surface area (Å²) in [5, 5.41) is 9.05. The van der Waals surface area contributed by atoms with Crippen molar-refractivity contribution < 1.29 is 14.6 Å². The first kappa shape index (κ1) is 12.1. The second-order valence-corrected chi connectivity index (χ2v) is 4.53. The Kier molecular flexibility index (Phi) is 4.15. The van der Waals surface area contributed by atoms with Crippen molar-refractivity contribution in [2.75, 3.05) is 0 Å². The lowest BCUT2D eigenvalue weighted by atomic mass is 9.98. The Morgan fingerprint density at radius 1 is 1.24 bits per heavy atom. The van der Waals surface area contributed by atoms with Crippen LogP contribution in [0.2, 0.25) is 0 Å². The van der Waals surface area contributed by atoms with Crippen LogP contribution < -0.4 is 0 Å². The monoisotopic (exact) mass is 234 g/mol. The van der Waals surface area contributed by atoms with E-state index in [0.29, 0.717) is 18.3 Å². The average molecular weight is 234 g/mol. The van der Waals surface area contributed by atoms with Crippen LogP contribution in [0.25, 0.3) is 0 Å². The molecule has 1 aromatic rings. The predicted molar refractivity (Wildman–Crippen MR) is 65.1 cm³/mol. The van der Waals surface area contributed by atoms with Gasteiger partial charge in [-0.25, -0.2) is 4.79 Å². The number of hydrogen-bond donors (Lipinski definition) is 1. The van der Waals surface area contributed by atoms with Crippen molar-refractivity contribution >= 4 is 5.97 Å². The molecule has 0 unspecified atom stereocenters. The Balaban J connectivity index is 1.96. The fraction of sp³-hybridized carbons (Fsp3) is 0.500. The SMILES string of the molecule is O=C(O)c1ccccc1COC1CCCCC1. The van der Waals surface area contributed by atoms with Gasteiger partial charge in [-0.05, 0) is 24.5 Å². The van der Waals surface area contributed by atoms with Crippen molar-refractivity contribution in [2.45, 2.75) is 44.8 Å². The fourth-order valence-electron chi connectivity index (χ4n) is 2.29. The van der Waals surface area contributed by atoms with Gasteiger partial charge in [-0.1, -0.05) is 37.5 Å². The first-order valence-corrected chi connectivity index (χ1v) is 6.20. The zero-order valence-corrected chi connectivity index (χ0v) is 9.89. The highest BCUT2D eigenvalue weighted by Crippen LogP contribution is 2.22. The summed E-state index contributed by atoms with van der Waals surface area (Å²) in [4.78, 5) is 11.0. The van der Waals surface area contributed by atoms with Crippen molar-refractivity contribution in [3.63, 3.8) is 0 Å². The van der Waals surface area contributed by atoms with E-state index in [1.165, 1.54) is 19.3 Å². The molecule has 0 aliphatic heterocycles. The molecule has 0 amide bonds. The first-order chi connectivity index (χ1) is 8.27. The van der Waals surface area contributed by atoms with Gasteiger partial charge >= 0.3 is 5.97 Å². The number of aromatic carboxylic acids is 1. The van der Waals surface area contributed by atoms with Crippen LogP contribution in [-0.2, 0) is 11.3 Å². The van der Waals surface area contributed by atoms with Gasteiger partial charge in [0.1, 0.15) is 0 Å². The standard InChI is InChI=1S/C14H18O3/c15-14(16)13-9-5-4-6-11(13)10-17-12-7-2-1-3-8-12/h4-6,9,12H,1-3,7-8,10H2,(H,15,16). The van der Waals surface area contributed by atoms with Gasteiger partial charge in [0.05, 0.1) is 18.3 Å². The minimum absolute atomic E-state index is 0.311. The summed E-state index contributed by atoms with van der Waals surface area (Å²) in [6, 6.07) is 7.05. The first-order valence-electron chi connectivity index (χ1n) is 6.20. The van der Waals surface area contributed by atoms with E-state index < -0.39 is 5.97 Å². The van der Waals surface area contributed by atoms with Crippen LogP contribution in [0.1, 0.15) is 48.0 Å². The summed E-state index contributed by atoms with van der Waals surface area (Å²) in [6.45, 7) is 0.410. The second-order valence-electron chi connectivity index (χ2n) is 4.53. The maximum Gasteiger partial charge on any atom is 0.336 e. The van der Waals surface area contributed by atoms with Crippen molar-refractivity contribution in [3.05, 3.63) is 35.4 Å². The number of ether oxygens (including phenoxy) is 1. The molecule has 0 radical (unpaired) electrons. The fourth-order valence-corrected chi connectivity index (χ4v) is 2.29. The molecular weight excluding hydrogens is 216 g/mol. The van der Waals surface area contributed by atoms with E-state index >= 15 is 0 Å². The lowest BCUT2D eigenvalue weighted by Gasteiger charge is -2.22. The number of carboxylic acid groups (broad SMARTS) is 1. The van der Waals surface area contributed by atoms with Crippen LogP contribution in [0.5, 0.6) is 0 Å². The molecule has 92 valence electrons. The number of carboxylic acids is 1. The zero-order chi connectivity index (χ0) is 12.1. The summed E-state index contributed by atoms with van der Waals surface area (Å²) < 4.78 is 5.80. The molecule has 0 heterocycles. The molecule has 0 spiro atoms. The van der Waals surface area contributed by atoms with Crippen LogP contribution in [0.4, 0.5) is 0 Å². The maximum atomic E-state index is 11.0. The molecule has 0 atom stereocenters. The number of benzene rings is 1. The number of carbonyl (C=O) groups is 1. The molecule has 1 saturated carbocycles. The highest BCUT2D eigenvalue weighted by atomic mass is 16.5. The van der Waals surface area contributed by atoms with Gasteiger partial charge in [0.2, 0.25) is 0 Å². The molecule has 2 rings (SSSR count). The summed E-state index contributed by atoms with van der Waals surface area (Å²) >= 11 is 0. The topological polar surface area (TPSA) is 46.5 Å². The van der Waals surface area contributed by atoms with E-state index in [2.05, 4.69) is 0 Å². The minimum Gasteiger partial charge on any atom is -0.478 e. The van der Waals surface area contributed by atoms with Crippen molar-refractivity contribution in [2.24, 2.45) is 0 Å². The highest BCUT2D eigenvalue weighted by Gasteiger charge is 2.15. The van der Waals surface area contributed by atoms with Crippen molar-refractivity contribution in [3.8, 4) is 0 Å². The largest absolute Gasteiger partial charge is 0.478 e. The number of hydrogen-bond acceptors (Lipinski definition) is 2. The van der Waals surface area contributed by atoms with Crippen LogP contribution in [0.15, 0.2) is 24.3 Å². The molecule has 1 N–H and O–H groups in total. The summed E-state index contributed by atoms with van der Waals surface area (Å²) in [5.41, 5.74) is 1.12. The molecule has 3 heteroatoms. The van der Waals surface area contributed by atoms with Crippen LogP contribution in [0, 0.1) is 0 Å². The van der Waals surface area contributed by atoms with Gasteiger partial charge in [-0.2, -0.15) is 0 Å². The average Bonchev–Trinajstić information content (AvgIpc) is 2.38. The molecule has 0 bridgehead atoms. The normalized spacial score (nSPS) is 16.9. The lowest BCUT2D eigenvalue weighted by Crippen LogP contribution is -2.17. The van der Waals surface area contributed by atoms with E-state index in [-0.39, 0.29) is 0 Å². The Hall–Kier alpha value is -1.35.